The molecule has 0 atom stereocenters. The van der Waals surface area contributed by atoms with E-state index in [2.05, 4.69) is 4.72 Å². The van der Waals surface area contributed by atoms with E-state index in [0.717, 1.165) is 6.07 Å². The Hall–Kier alpha value is -1.02. The summed E-state index contributed by atoms with van der Waals surface area (Å²) in [6, 6.07) is 3.56. The van der Waals surface area contributed by atoms with Crippen LogP contribution in [0.1, 0.15) is 18.4 Å². The topological polar surface area (TPSA) is 75.6 Å². The Bertz CT molecular complexity index is 597. The number of hydrogen-bond donors (Lipinski definition) is 2. The van der Waals surface area contributed by atoms with Crippen LogP contribution in [-0.4, -0.2) is 39.9 Å². The van der Waals surface area contributed by atoms with Crippen LogP contribution in [0.2, 0.25) is 0 Å². The van der Waals surface area contributed by atoms with Gasteiger partial charge in [-0.2, -0.15) is 0 Å². The largest absolute Gasteiger partial charge is 0.396 e. The Morgan fingerprint density at radius 3 is 2.62 bits per heavy atom. The second-order valence-electron chi connectivity index (χ2n) is 5.50. The summed E-state index contributed by atoms with van der Waals surface area (Å²) >= 11 is 0. The summed E-state index contributed by atoms with van der Waals surface area (Å²) in [7, 11) is -3.72. The van der Waals surface area contributed by atoms with Gasteiger partial charge in [0, 0.05) is 25.2 Å². The molecule has 7 heteroatoms. The number of aliphatic hydroxyl groups is 1. The van der Waals surface area contributed by atoms with Crippen LogP contribution in [0.3, 0.4) is 0 Å². The first-order valence-corrected chi connectivity index (χ1v) is 8.31. The molecule has 0 aliphatic carbocycles. The van der Waals surface area contributed by atoms with Crippen LogP contribution >= 0.6 is 0 Å². The highest BCUT2D eigenvalue weighted by Gasteiger charge is 2.33. The molecule has 2 N–H and O–H groups in total. The molecule has 0 unspecified atom stereocenters. The van der Waals surface area contributed by atoms with E-state index >= 15 is 0 Å². The predicted molar refractivity (Wildman–Crippen MR) is 75.9 cm³/mol. The van der Waals surface area contributed by atoms with Crippen LogP contribution in [-0.2, 0) is 14.8 Å². The Labute approximate surface area is 124 Å². The van der Waals surface area contributed by atoms with E-state index in [9.17, 15) is 17.9 Å². The van der Waals surface area contributed by atoms with Gasteiger partial charge in [-0.05, 0) is 43.5 Å². The third-order valence-electron chi connectivity index (χ3n) is 3.95. The minimum atomic E-state index is -3.72. The van der Waals surface area contributed by atoms with Gasteiger partial charge < -0.3 is 9.84 Å². The van der Waals surface area contributed by atoms with Gasteiger partial charge >= 0.3 is 0 Å². The lowest BCUT2D eigenvalue weighted by molar-refractivity contribution is -0.0126. The number of aliphatic hydroxyl groups excluding tert-OH is 1. The average Bonchev–Trinajstić information content (AvgIpc) is 2.46. The predicted octanol–water partition coefficient (Wildman–Crippen LogP) is 1.20. The van der Waals surface area contributed by atoms with E-state index in [-0.39, 0.29) is 18.0 Å². The van der Waals surface area contributed by atoms with Crippen LogP contribution in [0, 0.1) is 18.2 Å². The lowest BCUT2D eigenvalue weighted by atomic mass is 9.81. The van der Waals surface area contributed by atoms with E-state index in [4.69, 9.17) is 4.74 Å². The number of rotatable bonds is 5. The molecule has 2 rings (SSSR count). The van der Waals surface area contributed by atoms with Gasteiger partial charge in [0.15, 0.2) is 0 Å². The van der Waals surface area contributed by atoms with Crippen LogP contribution in [0.15, 0.2) is 23.1 Å². The maximum atomic E-state index is 13.1. The van der Waals surface area contributed by atoms with Gasteiger partial charge in [-0.25, -0.2) is 17.5 Å². The molecule has 1 heterocycles. The highest BCUT2D eigenvalue weighted by atomic mass is 32.2. The third-order valence-corrected chi connectivity index (χ3v) is 5.51. The summed E-state index contributed by atoms with van der Waals surface area (Å²) in [6.07, 6.45) is 1.21. The molecule has 5 nitrogen and oxygen atoms in total. The van der Waals surface area contributed by atoms with Crippen LogP contribution in [0.4, 0.5) is 4.39 Å². The zero-order chi connectivity index (χ0) is 15.5. The van der Waals surface area contributed by atoms with Crippen LogP contribution in [0.5, 0.6) is 0 Å². The molecule has 0 radical (unpaired) electrons. The molecule has 21 heavy (non-hydrogen) atoms. The quantitative estimate of drug-likeness (QED) is 0.856. The number of aryl methyl sites for hydroxylation is 1. The van der Waals surface area contributed by atoms with Crippen molar-refractivity contribution in [3.8, 4) is 0 Å². The molecule has 1 aliphatic heterocycles. The SMILES string of the molecule is Cc1cc(F)ccc1S(=O)(=O)NCC1(CO)CCOCC1. The Balaban J connectivity index is 2.13. The van der Waals surface area contributed by atoms with Crippen molar-refractivity contribution in [1.82, 2.24) is 4.72 Å². The number of ether oxygens (including phenoxy) is 1. The van der Waals surface area contributed by atoms with Crippen molar-refractivity contribution in [1.29, 1.82) is 0 Å². The van der Waals surface area contributed by atoms with Crippen molar-refractivity contribution in [3.63, 3.8) is 0 Å². The summed E-state index contributed by atoms with van der Waals surface area (Å²) in [5.41, 5.74) is -0.133. The molecule has 0 amide bonds. The Kier molecular flexibility index (Phi) is 4.98. The molecule has 1 fully saturated rings. The number of sulfonamides is 1. The summed E-state index contributed by atoms with van der Waals surface area (Å²) in [6.45, 7) is 2.62. The number of nitrogens with one attached hydrogen (secondary N) is 1. The van der Waals surface area contributed by atoms with E-state index in [1.54, 1.807) is 6.92 Å². The third kappa shape index (κ3) is 3.79. The maximum absolute atomic E-state index is 13.1. The first-order chi connectivity index (χ1) is 9.88. The van der Waals surface area contributed by atoms with Gasteiger partial charge in [-0.15, -0.1) is 0 Å². The van der Waals surface area contributed by atoms with Gasteiger partial charge in [0.1, 0.15) is 5.82 Å². The normalized spacial score (nSPS) is 18.6. The van der Waals surface area contributed by atoms with Gasteiger partial charge in [0.2, 0.25) is 10.0 Å². The summed E-state index contributed by atoms with van der Waals surface area (Å²) in [5, 5.41) is 9.56. The molecule has 118 valence electrons. The lowest BCUT2D eigenvalue weighted by Crippen LogP contribution is -2.43. The minimum absolute atomic E-state index is 0.0593. The van der Waals surface area contributed by atoms with E-state index in [1.165, 1.54) is 12.1 Å². The molecule has 1 saturated heterocycles. The van der Waals surface area contributed by atoms with Crippen molar-refractivity contribution in [2.45, 2.75) is 24.7 Å². The highest BCUT2D eigenvalue weighted by molar-refractivity contribution is 7.89. The van der Waals surface area contributed by atoms with Gasteiger partial charge in [0.25, 0.3) is 0 Å². The molecule has 1 aromatic rings. The lowest BCUT2D eigenvalue weighted by Gasteiger charge is -2.35. The van der Waals surface area contributed by atoms with Crippen molar-refractivity contribution < 1.29 is 22.7 Å². The summed E-state index contributed by atoms with van der Waals surface area (Å²) in [5.74, 6) is -0.470. The van der Waals surface area contributed by atoms with Gasteiger partial charge in [0.05, 0.1) is 11.5 Å². The number of hydrogen-bond acceptors (Lipinski definition) is 4. The van der Waals surface area contributed by atoms with Crippen LogP contribution in [0.25, 0.3) is 0 Å². The first-order valence-electron chi connectivity index (χ1n) is 6.83. The fraction of sp³-hybridized carbons (Fsp3) is 0.571. The monoisotopic (exact) mass is 317 g/mol. The van der Waals surface area contributed by atoms with E-state index < -0.39 is 21.3 Å². The Morgan fingerprint density at radius 1 is 1.38 bits per heavy atom. The van der Waals surface area contributed by atoms with Crippen LogP contribution < -0.4 is 4.72 Å². The molecule has 0 bridgehead atoms. The average molecular weight is 317 g/mol. The van der Waals surface area contributed by atoms with Crippen molar-refractivity contribution in [2.24, 2.45) is 5.41 Å². The maximum Gasteiger partial charge on any atom is 0.240 e. The van der Waals surface area contributed by atoms with Crippen molar-refractivity contribution in [3.05, 3.63) is 29.6 Å². The highest BCUT2D eigenvalue weighted by Crippen LogP contribution is 2.29. The number of halogens is 1. The molecule has 0 aromatic heterocycles. The van der Waals surface area contributed by atoms with Gasteiger partial charge in [-0.3, -0.25) is 0 Å². The van der Waals surface area contributed by atoms with Crippen molar-refractivity contribution in [2.75, 3.05) is 26.4 Å². The summed E-state index contributed by atoms with van der Waals surface area (Å²) < 4.78 is 45.5. The molecule has 0 spiro atoms. The molecular formula is C14H20FNO4S. The van der Waals surface area contributed by atoms with Crippen molar-refractivity contribution >= 4 is 10.0 Å². The fourth-order valence-electron chi connectivity index (χ4n) is 2.44. The molecule has 1 aliphatic rings. The summed E-state index contributed by atoms with van der Waals surface area (Å²) in [4.78, 5) is 0.0593. The molecule has 0 saturated carbocycles. The fourth-order valence-corrected chi connectivity index (χ4v) is 3.82. The van der Waals surface area contributed by atoms with E-state index in [0.29, 0.717) is 31.6 Å². The molecular weight excluding hydrogens is 297 g/mol. The number of benzene rings is 1. The smallest absolute Gasteiger partial charge is 0.240 e. The molecule has 1 aromatic carbocycles. The Morgan fingerprint density at radius 2 is 2.05 bits per heavy atom. The second kappa shape index (κ2) is 6.39. The zero-order valence-electron chi connectivity index (χ0n) is 11.9. The standard InChI is InChI=1S/C14H20FNO4S/c1-11-8-12(15)2-3-13(11)21(18,19)16-9-14(10-17)4-6-20-7-5-14/h2-3,8,16-17H,4-7,9-10H2,1H3. The zero-order valence-corrected chi connectivity index (χ0v) is 12.7. The second-order valence-corrected chi connectivity index (χ2v) is 7.24. The minimum Gasteiger partial charge on any atom is -0.396 e. The van der Waals surface area contributed by atoms with Gasteiger partial charge in [-0.1, -0.05) is 0 Å². The first kappa shape index (κ1) is 16.4. The van der Waals surface area contributed by atoms with E-state index in [1.807, 2.05) is 0 Å².